The van der Waals surface area contributed by atoms with Crippen LogP contribution >= 0.6 is 0 Å². The van der Waals surface area contributed by atoms with Gasteiger partial charge in [0.2, 0.25) is 0 Å². The topological polar surface area (TPSA) is 53.6 Å². The highest BCUT2D eigenvalue weighted by atomic mass is 15.1. The molecule has 1 atom stereocenters. The fourth-order valence-electron chi connectivity index (χ4n) is 2.23. The van der Waals surface area contributed by atoms with Gasteiger partial charge in [0, 0.05) is 24.6 Å². The van der Waals surface area contributed by atoms with Gasteiger partial charge < -0.3 is 5.32 Å². The Balaban J connectivity index is 1.69. The molecule has 1 unspecified atom stereocenters. The molecular weight excluding hydrogens is 200 g/mol. The molecule has 0 saturated heterocycles. The van der Waals surface area contributed by atoms with Gasteiger partial charge in [-0.1, -0.05) is 6.07 Å². The second-order valence-electron chi connectivity index (χ2n) is 4.10. The molecule has 16 heavy (non-hydrogen) atoms. The zero-order valence-electron chi connectivity index (χ0n) is 8.98. The molecule has 0 spiro atoms. The Morgan fingerprint density at radius 3 is 3.25 bits per heavy atom. The van der Waals surface area contributed by atoms with Crippen molar-refractivity contribution in [2.45, 2.75) is 25.4 Å². The predicted octanol–water partition coefficient (Wildman–Crippen LogP) is 1.58. The van der Waals surface area contributed by atoms with Crippen molar-refractivity contribution in [1.82, 2.24) is 20.5 Å². The molecule has 0 aliphatic heterocycles. The SMILES string of the molecule is c1cnc2c(c1)CCC2NCc1ccn[nH]1. The first-order valence-electron chi connectivity index (χ1n) is 5.59. The van der Waals surface area contributed by atoms with E-state index in [9.17, 15) is 0 Å². The number of nitrogens with one attached hydrogen (secondary N) is 2. The van der Waals surface area contributed by atoms with Crippen molar-refractivity contribution in [2.24, 2.45) is 0 Å². The molecule has 0 radical (unpaired) electrons. The number of aryl methyl sites for hydroxylation is 1. The molecule has 0 amide bonds. The van der Waals surface area contributed by atoms with E-state index in [1.807, 2.05) is 18.3 Å². The highest BCUT2D eigenvalue weighted by Gasteiger charge is 2.22. The summed E-state index contributed by atoms with van der Waals surface area (Å²) in [5.74, 6) is 0. The lowest BCUT2D eigenvalue weighted by molar-refractivity contribution is 0.516. The van der Waals surface area contributed by atoms with E-state index < -0.39 is 0 Å². The van der Waals surface area contributed by atoms with Crippen LogP contribution in [0.5, 0.6) is 0 Å². The molecule has 2 aromatic rings. The lowest BCUT2D eigenvalue weighted by Crippen LogP contribution is -2.19. The number of aromatic nitrogens is 3. The molecule has 2 N–H and O–H groups in total. The maximum absolute atomic E-state index is 4.45. The molecule has 4 heteroatoms. The number of H-pyrrole nitrogens is 1. The largest absolute Gasteiger partial charge is 0.303 e. The van der Waals surface area contributed by atoms with Crippen LogP contribution in [0.4, 0.5) is 0 Å². The first-order valence-corrected chi connectivity index (χ1v) is 5.59. The maximum Gasteiger partial charge on any atom is 0.0605 e. The lowest BCUT2D eigenvalue weighted by atomic mass is 10.2. The summed E-state index contributed by atoms with van der Waals surface area (Å²) in [5, 5.41) is 10.4. The summed E-state index contributed by atoms with van der Waals surface area (Å²) in [6, 6.07) is 6.55. The van der Waals surface area contributed by atoms with E-state index in [-0.39, 0.29) is 0 Å². The zero-order chi connectivity index (χ0) is 10.8. The number of pyridine rings is 1. The van der Waals surface area contributed by atoms with E-state index in [4.69, 9.17) is 0 Å². The number of rotatable bonds is 3. The van der Waals surface area contributed by atoms with Crippen molar-refractivity contribution in [3.05, 3.63) is 47.5 Å². The van der Waals surface area contributed by atoms with Crippen molar-refractivity contribution in [1.29, 1.82) is 0 Å². The first kappa shape index (κ1) is 9.54. The average Bonchev–Trinajstić information content (AvgIpc) is 2.96. The average molecular weight is 214 g/mol. The van der Waals surface area contributed by atoms with Crippen molar-refractivity contribution in [2.75, 3.05) is 0 Å². The van der Waals surface area contributed by atoms with Gasteiger partial charge >= 0.3 is 0 Å². The molecule has 2 heterocycles. The van der Waals surface area contributed by atoms with Crippen LogP contribution in [-0.4, -0.2) is 15.2 Å². The Labute approximate surface area is 94.1 Å². The molecule has 3 rings (SSSR count). The van der Waals surface area contributed by atoms with E-state index in [1.54, 1.807) is 6.20 Å². The van der Waals surface area contributed by atoms with E-state index in [0.717, 1.165) is 25.1 Å². The van der Waals surface area contributed by atoms with E-state index >= 15 is 0 Å². The van der Waals surface area contributed by atoms with Crippen LogP contribution in [0.2, 0.25) is 0 Å². The lowest BCUT2D eigenvalue weighted by Gasteiger charge is -2.11. The highest BCUT2D eigenvalue weighted by molar-refractivity contribution is 5.27. The van der Waals surface area contributed by atoms with Crippen molar-refractivity contribution < 1.29 is 0 Å². The summed E-state index contributed by atoms with van der Waals surface area (Å²) in [5.41, 5.74) is 3.70. The maximum atomic E-state index is 4.45. The summed E-state index contributed by atoms with van der Waals surface area (Å²) in [6.07, 6.45) is 5.91. The number of hydrogen-bond donors (Lipinski definition) is 2. The summed E-state index contributed by atoms with van der Waals surface area (Å²) in [7, 11) is 0. The van der Waals surface area contributed by atoms with Crippen LogP contribution in [0, 0.1) is 0 Å². The normalized spacial score (nSPS) is 18.6. The molecule has 0 aromatic carbocycles. The molecule has 82 valence electrons. The Morgan fingerprint density at radius 1 is 1.38 bits per heavy atom. The molecule has 2 aromatic heterocycles. The summed E-state index contributed by atoms with van der Waals surface area (Å²) >= 11 is 0. The Hall–Kier alpha value is -1.68. The standard InChI is InChI=1S/C12H14N4/c1-2-9-3-4-11(12(9)13-6-1)14-8-10-5-7-15-16-10/h1-2,5-7,11,14H,3-4,8H2,(H,15,16). The predicted molar refractivity (Wildman–Crippen MR) is 60.7 cm³/mol. The van der Waals surface area contributed by atoms with Crippen LogP contribution in [0.3, 0.4) is 0 Å². The van der Waals surface area contributed by atoms with Crippen molar-refractivity contribution in [3.8, 4) is 0 Å². The molecule has 0 fully saturated rings. The van der Waals surface area contributed by atoms with Crippen LogP contribution in [0.1, 0.15) is 29.4 Å². The van der Waals surface area contributed by atoms with Gasteiger partial charge in [-0.2, -0.15) is 5.10 Å². The van der Waals surface area contributed by atoms with Gasteiger partial charge in [-0.25, -0.2) is 0 Å². The minimum atomic E-state index is 0.388. The smallest absolute Gasteiger partial charge is 0.0605 e. The Bertz CT molecular complexity index is 464. The van der Waals surface area contributed by atoms with Gasteiger partial charge in [-0.05, 0) is 30.5 Å². The Morgan fingerprint density at radius 2 is 2.38 bits per heavy atom. The van der Waals surface area contributed by atoms with Crippen LogP contribution in [0.15, 0.2) is 30.6 Å². The van der Waals surface area contributed by atoms with E-state index in [2.05, 4.69) is 26.6 Å². The molecule has 1 aliphatic rings. The summed E-state index contributed by atoms with van der Waals surface area (Å²) in [6.45, 7) is 0.820. The zero-order valence-corrected chi connectivity index (χ0v) is 8.98. The minimum absolute atomic E-state index is 0.388. The second-order valence-corrected chi connectivity index (χ2v) is 4.10. The van der Waals surface area contributed by atoms with Gasteiger partial charge in [-0.15, -0.1) is 0 Å². The van der Waals surface area contributed by atoms with E-state index in [1.165, 1.54) is 11.3 Å². The number of nitrogens with zero attached hydrogens (tertiary/aromatic N) is 2. The minimum Gasteiger partial charge on any atom is -0.303 e. The molecular formula is C12H14N4. The quantitative estimate of drug-likeness (QED) is 0.815. The monoisotopic (exact) mass is 214 g/mol. The summed E-state index contributed by atoms with van der Waals surface area (Å²) in [4.78, 5) is 4.45. The summed E-state index contributed by atoms with van der Waals surface area (Å²) < 4.78 is 0. The number of fused-ring (bicyclic) bond motifs is 1. The first-order chi connectivity index (χ1) is 7.93. The van der Waals surface area contributed by atoms with Gasteiger partial charge in [-0.3, -0.25) is 10.1 Å². The van der Waals surface area contributed by atoms with Crippen LogP contribution in [-0.2, 0) is 13.0 Å². The van der Waals surface area contributed by atoms with Gasteiger partial charge in [0.05, 0.1) is 11.7 Å². The van der Waals surface area contributed by atoms with Gasteiger partial charge in [0.25, 0.3) is 0 Å². The molecule has 0 saturated carbocycles. The van der Waals surface area contributed by atoms with Crippen LogP contribution < -0.4 is 5.32 Å². The van der Waals surface area contributed by atoms with Gasteiger partial charge in [0.15, 0.2) is 0 Å². The third kappa shape index (κ3) is 1.72. The van der Waals surface area contributed by atoms with Crippen molar-refractivity contribution in [3.63, 3.8) is 0 Å². The molecule has 4 nitrogen and oxygen atoms in total. The number of aromatic amines is 1. The van der Waals surface area contributed by atoms with E-state index in [0.29, 0.717) is 6.04 Å². The van der Waals surface area contributed by atoms with Crippen molar-refractivity contribution >= 4 is 0 Å². The van der Waals surface area contributed by atoms with Gasteiger partial charge in [0.1, 0.15) is 0 Å². The fourth-order valence-corrected chi connectivity index (χ4v) is 2.23. The fraction of sp³-hybridized carbons (Fsp3) is 0.333. The highest BCUT2D eigenvalue weighted by Crippen LogP contribution is 2.28. The third-order valence-corrected chi connectivity index (χ3v) is 3.06. The van der Waals surface area contributed by atoms with Crippen LogP contribution in [0.25, 0.3) is 0 Å². The molecule has 0 bridgehead atoms. The Kier molecular flexibility index (Phi) is 2.42. The third-order valence-electron chi connectivity index (χ3n) is 3.06. The second kappa shape index (κ2) is 4.06. The number of hydrogen-bond acceptors (Lipinski definition) is 3. The molecule has 1 aliphatic carbocycles.